The van der Waals surface area contributed by atoms with E-state index in [-0.39, 0.29) is 5.92 Å². The summed E-state index contributed by atoms with van der Waals surface area (Å²) in [5.41, 5.74) is 9.97. The van der Waals surface area contributed by atoms with Crippen molar-refractivity contribution in [3.8, 4) is 11.6 Å². The highest BCUT2D eigenvalue weighted by atomic mass is 16.5. The van der Waals surface area contributed by atoms with Crippen molar-refractivity contribution in [2.24, 2.45) is 0 Å². The zero-order valence-corrected chi connectivity index (χ0v) is 17.3. The van der Waals surface area contributed by atoms with Crippen LogP contribution in [-0.4, -0.2) is 25.6 Å². The van der Waals surface area contributed by atoms with E-state index in [1.165, 1.54) is 10.5 Å². The molecule has 1 aliphatic rings. The summed E-state index contributed by atoms with van der Waals surface area (Å²) in [6, 6.07) is 23.1. The molecule has 0 saturated heterocycles. The molecule has 0 amide bonds. The number of hydrogen-bond acceptors (Lipinski definition) is 3. The van der Waals surface area contributed by atoms with Gasteiger partial charge >= 0.3 is 5.88 Å². The van der Waals surface area contributed by atoms with Crippen molar-refractivity contribution in [2.45, 2.75) is 12.5 Å². The summed E-state index contributed by atoms with van der Waals surface area (Å²) in [6.45, 7) is 1.77. The number of benzene rings is 3. The number of rotatable bonds is 4. The van der Waals surface area contributed by atoms with Gasteiger partial charge in [0.2, 0.25) is 12.1 Å². The Morgan fingerprint density at radius 2 is 1.77 bits per heavy atom. The lowest BCUT2D eigenvalue weighted by molar-refractivity contribution is -0.882. The van der Waals surface area contributed by atoms with Crippen molar-refractivity contribution < 1.29 is 14.2 Å². The maximum absolute atomic E-state index is 6.72. The number of hydrogen-bond donors (Lipinski definition) is 2. The SMILES string of the molecule is C[NH+](C)CC[n+]1cnc2c(c1N)[C@H](c1ccccc1)c1ccc3ccccc3c1O2. The van der Waals surface area contributed by atoms with Gasteiger partial charge in [0, 0.05) is 10.9 Å². The highest BCUT2D eigenvalue weighted by Crippen LogP contribution is 2.50. The molecule has 3 N–H and O–H groups in total. The van der Waals surface area contributed by atoms with E-state index in [4.69, 9.17) is 15.5 Å². The van der Waals surface area contributed by atoms with Crippen LogP contribution in [0.2, 0.25) is 0 Å². The van der Waals surface area contributed by atoms with Crippen LogP contribution in [0.25, 0.3) is 10.8 Å². The number of quaternary nitrogens is 1. The topological polar surface area (TPSA) is 56.5 Å². The molecule has 0 radical (unpaired) electrons. The van der Waals surface area contributed by atoms with Gasteiger partial charge in [0.15, 0.2) is 0 Å². The molecule has 2 heterocycles. The van der Waals surface area contributed by atoms with E-state index < -0.39 is 0 Å². The molecular formula is C25H26N4O+2. The minimum absolute atomic E-state index is 0.0267. The van der Waals surface area contributed by atoms with Crippen LogP contribution in [0, 0.1) is 0 Å². The number of ether oxygens (including phenoxy) is 1. The average molecular weight is 399 g/mol. The quantitative estimate of drug-likeness (QED) is 0.458. The summed E-state index contributed by atoms with van der Waals surface area (Å²) in [7, 11) is 4.28. The minimum atomic E-state index is -0.0267. The first-order chi connectivity index (χ1) is 14.6. The summed E-state index contributed by atoms with van der Waals surface area (Å²) in [5, 5.41) is 2.24. The number of nitrogen functional groups attached to an aromatic ring is 1. The van der Waals surface area contributed by atoms with Crippen LogP contribution in [-0.2, 0) is 6.54 Å². The summed E-state index contributed by atoms with van der Waals surface area (Å²) >= 11 is 0. The fourth-order valence-electron chi connectivity index (χ4n) is 4.24. The predicted molar refractivity (Wildman–Crippen MR) is 118 cm³/mol. The van der Waals surface area contributed by atoms with Crippen LogP contribution in [0.4, 0.5) is 5.82 Å². The average Bonchev–Trinajstić information content (AvgIpc) is 2.77. The van der Waals surface area contributed by atoms with E-state index in [1.807, 2.05) is 22.8 Å². The van der Waals surface area contributed by atoms with Gasteiger partial charge < -0.3 is 15.4 Å². The van der Waals surface area contributed by atoms with Crippen LogP contribution in [0.15, 0.2) is 73.1 Å². The van der Waals surface area contributed by atoms with Crippen LogP contribution in [0.1, 0.15) is 22.6 Å². The zero-order valence-electron chi connectivity index (χ0n) is 17.3. The Bertz CT molecular complexity index is 1220. The van der Waals surface area contributed by atoms with Crippen molar-refractivity contribution in [1.82, 2.24) is 4.98 Å². The summed E-state index contributed by atoms with van der Waals surface area (Å²) in [6.07, 6.45) is 1.80. The largest absolute Gasteiger partial charge is 0.425 e. The molecule has 5 nitrogen and oxygen atoms in total. The molecule has 0 spiro atoms. The lowest BCUT2D eigenvalue weighted by atomic mass is 9.82. The molecule has 1 aliphatic heterocycles. The molecular weight excluding hydrogens is 372 g/mol. The molecule has 0 bridgehead atoms. The summed E-state index contributed by atoms with van der Waals surface area (Å²) in [5.74, 6) is 2.16. The summed E-state index contributed by atoms with van der Waals surface area (Å²) < 4.78 is 8.43. The van der Waals surface area contributed by atoms with Gasteiger partial charge in [-0.1, -0.05) is 71.7 Å². The highest BCUT2D eigenvalue weighted by Gasteiger charge is 2.36. The molecule has 5 heteroatoms. The lowest BCUT2D eigenvalue weighted by Crippen LogP contribution is -3.06. The molecule has 4 aromatic rings. The van der Waals surface area contributed by atoms with Gasteiger partial charge in [0.05, 0.1) is 20.0 Å². The second-order valence-corrected chi connectivity index (χ2v) is 8.15. The Kier molecular flexibility index (Phi) is 4.60. The normalized spacial score (nSPS) is 15.0. The standard InChI is InChI=1S/C25H24N4O/c1-28(2)14-15-29-16-27-25-22(24(29)26)21(18-9-4-3-5-10-18)20-13-12-17-8-6-7-11-19(17)23(20)30-25/h3-13,16,21,26H,14-15H2,1-2H3/p+2/t21-/m1/s1. The monoisotopic (exact) mass is 398 g/mol. The van der Waals surface area contributed by atoms with Gasteiger partial charge in [0.1, 0.15) is 24.4 Å². The fourth-order valence-corrected chi connectivity index (χ4v) is 4.24. The van der Waals surface area contributed by atoms with Crippen molar-refractivity contribution in [3.05, 3.63) is 89.7 Å². The van der Waals surface area contributed by atoms with Crippen LogP contribution >= 0.6 is 0 Å². The maximum Gasteiger partial charge on any atom is 0.306 e. The van der Waals surface area contributed by atoms with Crippen molar-refractivity contribution in [1.29, 1.82) is 0 Å². The Balaban J connectivity index is 1.74. The number of nitrogens with zero attached hydrogens (tertiary/aromatic N) is 2. The van der Waals surface area contributed by atoms with Crippen molar-refractivity contribution in [2.75, 3.05) is 26.4 Å². The third-order valence-corrected chi connectivity index (χ3v) is 5.82. The molecule has 3 aromatic carbocycles. The maximum atomic E-state index is 6.72. The number of nitrogens with one attached hydrogen (secondary N) is 1. The molecule has 150 valence electrons. The molecule has 1 atom stereocenters. The van der Waals surface area contributed by atoms with Crippen molar-refractivity contribution >= 4 is 16.6 Å². The predicted octanol–water partition coefficient (Wildman–Crippen LogP) is 2.53. The molecule has 0 unspecified atom stereocenters. The van der Waals surface area contributed by atoms with E-state index in [9.17, 15) is 0 Å². The van der Waals surface area contributed by atoms with Crippen LogP contribution in [0.3, 0.4) is 0 Å². The van der Waals surface area contributed by atoms with Crippen LogP contribution < -0.4 is 19.9 Å². The van der Waals surface area contributed by atoms with E-state index in [1.54, 1.807) is 6.33 Å². The number of likely N-dealkylation sites (N-methyl/N-ethyl adjacent to an activating group) is 1. The Morgan fingerprint density at radius 1 is 1.00 bits per heavy atom. The van der Waals surface area contributed by atoms with Gasteiger partial charge in [-0.3, -0.25) is 0 Å². The second kappa shape index (κ2) is 7.43. The third-order valence-electron chi connectivity index (χ3n) is 5.82. The molecule has 30 heavy (non-hydrogen) atoms. The van der Waals surface area contributed by atoms with E-state index in [0.29, 0.717) is 11.7 Å². The lowest BCUT2D eigenvalue weighted by Gasteiger charge is -2.28. The summed E-state index contributed by atoms with van der Waals surface area (Å²) in [4.78, 5) is 6.06. The molecule has 0 saturated carbocycles. The Morgan fingerprint density at radius 3 is 2.57 bits per heavy atom. The molecule has 0 fully saturated rings. The fraction of sp³-hybridized carbons (Fsp3) is 0.200. The van der Waals surface area contributed by atoms with Crippen molar-refractivity contribution in [3.63, 3.8) is 0 Å². The highest BCUT2D eigenvalue weighted by molar-refractivity contribution is 5.91. The van der Waals surface area contributed by atoms with Gasteiger partial charge in [-0.25, -0.2) is 4.57 Å². The van der Waals surface area contributed by atoms with E-state index >= 15 is 0 Å². The first-order valence-corrected chi connectivity index (χ1v) is 10.3. The van der Waals surface area contributed by atoms with Crippen LogP contribution in [0.5, 0.6) is 11.6 Å². The number of nitrogens with two attached hydrogens (primary N) is 1. The first-order valence-electron chi connectivity index (χ1n) is 10.3. The second-order valence-electron chi connectivity index (χ2n) is 8.15. The first kappa shape index (κ1) is 18.6. The van der Waals surface area contributed by atoms with Gasteiger partial charge in [-0.15, -0.1) is 0 Å². The molecule has 1 aromatic heterocycles. The minimum Gasteiger partial charge on any atom is -0.425 e. The van der Waals surface area contributed by atoms with Gasteiger partial charge in [-0.2, -0.15) is 0 Å². The zero-order chi connectivity index (χ0) is 20.7. The number of anilines is 1. The Labute approximate surface area is 176 Å². The molecule has 0 aliphatic carbocycles. The van der Waals surface area contributed by atoms with E-state index in [2.05, 4.69) is 62.6 Å². The number of aromatic nitrogens is 2. The van der Waals surface area contributed by atoms with Gasteiger partial charge in [-0.05, 0) is 10.9 Å². The van der Waals surface area contributed by atoms with E-state index in [0.717, 1.165) is 40.7 Å². The smallest absolute Gasteiger partial charge is 0.306 e. The Hall–Kier alpha value is -3.44. The molecule has 5 rings (SSSR count). The van der Waals surface area contributed by atoms with Gasteiger partial charge in [0.25, 0.3) is 0 Å². The third kappa shape index (κ3) is 3.08. The number of fused-ring (bicyclic) bond motifs is 4.